The van der Waals surface area contributed by atoms with Crippen LogP contribution in [-0.2, 0) is 28.0 Å². The summed E-state index contributed by atoms with van der Waals surface area (Å²) in [6.07, 6.45) is -0.568. The molecule has 0 amide bonds. The Bertz CT molecular complexity index is 1410. The summed E-state index contributed by atoms with van der Waals surface area (Å²) >= 11 is 19.6. The average molecular weight is 707 g/mol. The first-order chi connectivity index (χ1) is 22.8. The molecule has 0 aromatic heterocycles. The number of rotatable bonds is 16. The molecule has 2 atom stereocenters. The highest BCUT2D eigenvalue weighted by molar-refractivity contribution is 7.80. The van der Waals surface area contributed by atoms with Gasteiger partial charge in [0.25, 0.3) is 10.3 Å². The van der Waals surface area contributed by atoms with Gasteiger partial charge in [0.15, 0.2) is 0 Å². The van der Waals surface area contributed by atoms with Gasteiger partial charge in [0.1, 0.15) is 36.9 Å². The molecular weight excluding hydrogens is 665 g/mol. The Balaban J connectivity index is 1.22. The van der Waals surface area contributed by atoms with Crippen LogP contribution in [0.3, 0.4) is 0 Å². The number of nitrogens with one attached hydrogen (secondary N) is 2. The van der Waals surface area contributed by atoms with Crippen LogP contribution in [0, 0.1) is 0 Å². The van der Waals surface area contributed by atoms with Gasteiger partial charge >= 0.3 is 0 Å². The maximum atomic E-state index is 6.02. The lowest BCUT2D eigenvalue weighted by Gasteiger charge is -2.27. The number of thiocarbonyl (C=S) groups is 2. The summed E-state index contributed by atoms with van der Waals surface area (Å²) in [4.78, 5) is 0. The standard InChI is InChI=1S/C37H42N2O4S4/c1-37(2,29-13-17-31(18-14-29)40-23-33(25-44)42-35(46)38-21-27-9-5-3-6-10-27)30-15-19-32(20-16-30)41-24-34(26-45)43-36(47)39-22-28-11-7-4-8-12-28/h3-20,33-34,44-45H,21-26H2,1-2H3,(H,38,46)(H,39,47). The largest absolute Gasteiger partial charge is 0.490 e. The molecule has 0 heterocycles. The van der Waals surface area contributed by atoms with Gasteiger partial charge in [-0.3, -0.25) is 0 Å². The highest BCUT2D eigenvalue weighted by Gasteiger charge is 2.23. The first kappa shape index (κ1) is 36.4. The van der Waals surface area contributed by atoms with Crippen LogP contribution in [0.5, 0.6) is 11.5 Å². The Kier molecular flexibility index (Phi) is 14.5. The van der Waals surface area contributed by atoms with Crippen molar-refractivity contribution in [3.05, 3.63) is 131 Å². The summed E-state index contributed by atoms with van der Waals surface area (Å²) < 4.78 is 23.8. The minimum absolute atomic E-state index is 0.238. The van der Waals surface area contributed by atoms with Gasteiger partial charge in [-0.25, -0.2) is 0 Å². The third-order valence-corrected chi connectivity index (χ3v) is 8.83. The molecular formula is C37H42N2O4S4. The van der Waals surface area contributed by atoms with Crippen LogP contribution in [0.15, 0.2) is 109 Å². The number of benzene rings is 4. The molecule has 0 aliphatic heterocycles. The molecule has 4 rings (SSSR count). The van der Waals surface area contributed by atoms with Crippen molar-refractivity contribution in [2.24, 2.45) is 0 Å². The normalized spacial score (nSPS) is 12.3. The fourth-order valence-electron chi connectivity index (χ4n) is 4.65. The van der Waals surface area contributed by atoms with Crippen molar-refractivity contribution in [1.82, 2.24) is 10.6 Å². The fraction of sp³-hybridized carbons (Fsp3) is 0.297. The molecule has 2 unspecified atom stereocenters. The third-order valence-electron chi connectivity index (χ3n) is 7.54. The van der Waals surface area contributed by atoms with Gasteiger partial charge in [-0.15, -0.1) is 0 Å². The summed E-state index contributed by atoms with van der Waals surface area (Å²) in [5.74, 6) is 2.45. The minimum atomic E-state index is -0.284. The average Bonchev–Trinajstić information content (AvgIpc) is 3.11. The van der Waals surface area contributed by atoms with Crippen molar-refractivity contribution in [2.45, 2.75) is 44.6 Å². The molecule has 0 bridgehead atoms. The van der Waals surface area contributed by atoms with Crippen molar-refractivity contribution in [3.63, 3.8) is 0 Å². The van der Waals surface area contributed by atoms with Crippen LogP contribution in [-0.4, -0.2) is 47.3 Å². The van der Waals surface area contributed by atoms with Gasteiger partial charge in [-0.2, -0.15) is 25.3 Å². The topological polar surface area (TPSA) is 61.0 Å². The summed E-state index contributed by atoms with van der Waals surface area (Å²) in [5, 5.41) is 6.92. The second-order valence-corrected chi connectivity index (χ2v) is 12.9. The van der Waals surface area contributed by atoms with Crippen molar-refractivity contribution in [2.75, 3.05) is 24.7 Å². The Morgan fingerprint density at radius 1 is 0.596 bits per heavy atom. The van der Waals surface area contributed by atoms with E-state index in [2.05, 4.69) is 74.0 Å². The fourth-order valence-corrected chi connectivity index (χ4v) is 5.43. The molecule has 10 heteroatoms. The van der Waals surface area contributed by atoms with E-state index in [4.69, 9.17) is 43.4 Å². The molecule has 0 fully saturated rings. The highest BCUT2D eigenvalue weighted by atomic mass is 32.1. The van der Waals surface area contributed by atoms with Gasteiger partial charge in [0.2, 0.25) is 0 Å². The monoisotopic (exact) mass is 706 g/mol. The van der Waals surface area contributed by atoms with E-state index in [0.29, 0.717) is 48.2 Å². The zero-order valence-electron chi connectivity index (χ0n) is 26.6. The number of hydrogen-bond donors (Lipinski definition) is 4. The zero-order valence-corrected chi connectivity index (χ0v) is 30.1. The van der Waals surface area contributed by atoms with Crippen LogP contribution >= 0.6 is 49.7 Å². The quantitative estimate of drug-likeness (QED) is 0.0705. The van der Waals surface area contributed by atoms with E-state index >= 15 is 0 Å². The summed E-state index contributed by atoms with van der Waals surface area (Å²) in [6.45, 7) is 6.25. The number of hydrogen-bond acceptors (Lipinski definition) is 8. The van der Waals surface area contributed by atoms with Gasteiger partial charge in [0.05, 0.1) is 0 Å². The SMILES string of the molecule is CC(C)(c1ccc(OCC(CS)OC(=S)NCc2ccccc2)cc1)c1ccc(OCC(CS)OC(=S)NCc2ccccc2)cc1. The second kappa shape index (κ2) is 18.8. The molecule has 0 saturated carbocycles. The maximum absolute atomic E-state index is 6.02. The lowest BCUT2D eigenvalue weighted by atomic mass is 9.78. The first-order valence-electron chi connectivity index (χ1n) is 15.4. The van der Waals surface area contributed by atoms with E-state index in [1.807, 2.05) is 84.9 Å². The summed E-state index contributed by atoms with van der Waals surface area (Å²) in [7, 11) is 0. The van der Waals surface area contributed by atoms with Gasteiger partial charge in [-0.05, 0) is 71.0 Å². The van der Waals surface area contributed by atoms with Crippen molar-refractivity contribution in [3.8, 4) is 11.5 Å². The molecule has 0 aliphatic carbocycles. The molecule has 47 heavy (non-hydrogen) atoms. The molecule has 4 aromatic rings. The maximum Gasteiger partial charge on any atom is 0.257 e. The van der Waals surface area contributed by atoms with Crippen molar-refractivity contribution in [1.29, 1.82) is 0 Å². The van der Waals surface area contributed by atoms with E-state index in [0.717, 1.165) is 33.8 Å². The van der Waals surface area contributed by atoms with Gasteiger partial charge < -0.3 is 29.6 Å². The number of ether oxygens (including phenoxy) is 4. The van der Waals surface area contributed by atoms with Crippen LogP contribution in [0.4, 0.5) is 0 Å². The molecule has 4 aromatic carbocycles. The Morgan fingerprint density at radius 3 is 1.30 bits per heavy atom. The first-order valence-corrected chi connectivity index (χ1v) is 17.5. The van der Waals surface area contributed by atoms with Gasteiger partial charge in [0, 0.05) is 30.0 Å². The van der Waals surface area contributed by atoms with Crippen LogP contribution in [0.2, 0.25) is 0 Å². The predicted molar refractivity (Wildman–Crippen MR) is 205 cm³/mol. The smallest absolute Gasteiger partial charge is 0.257 e. The van der Waals surface area contributed by atoms with E-state index in [-0.39, 0.29) is 17.6 Å². The lowest BCUT2D eigenvalue weighted by Crippen LogP contribution is -2.32. The zero-order chi connectivity index (χ0) is 33.5. The Labute approximate surface area is 300 Å². The van der Waals surface area contributed by atoms with E-state index in [1.54, 1.807) is 0 Å². The highest BCUT2D eigenvalue weighted by Crippen LogP contribution is 2.33. The molecule has 0 saturated heterocycles. The molecule has 0 radical (unpaired) electrons. The third kappa shape index (κ3) is 11.9. The van der Waals surface area contributed by atoms with E-state index in [1.165, 1.54) is 0 Å². The second-order valence-electron chi connectivity index (χ2n) is 11.4. The summed E-state index contributed by atoms with van der Waals surface area (Å²) in [5.41, 5.74) is 4.33. The van der Waals surface area contributed by atoms with Crippen LogP contribution in [0.1, 0.15) is 36.1 Å². The molecule has 248 valence electrons. The van der Waals surface area contributed by atoms with Crippen molar-refractivity contribution < 1.29 is 18.9 Å². The molecule has 0 spiro atoms. The summed E-state index contributed by atoms with van der Waals surface area (Å²) in [6, 6.07) is 36.3. The van der Waals surface area contributed by atoms with E-state index < -0.39 is 0 Å². The van der Waals surface area contributed by atoms with Gasteiger partial charge in [-0.1, -0.05) is 98.8 Å². The van der Waals surface area contributed by atoms with Crippen molar-refractivity contribution >= 4 is 60.0 Å². The van der Waals surface area contributed by atoms with E-state index in [9.17, 15) is 0 Å². The van der Waals surface area contributed by atoms with Crippen LogP contribution < -0.4 is 20.1 Å². The Hall–Kier alpha value is -3.44. The minimum Gasteiger partial charge on any atom is -0.490 e. The number of thiol groups is 2. The molecule has 6 nitrogen and oxygen atoms in total. The van der Waals surface area contributed by atoms with Crippen LogP contribution in [0.25, 0.3) is 0 Å². The molecule has 0 aliphatic rings. The lowest BCUT2D eigenvalue weighted by molar-refractivity contribution is 0.135. The Morgan fingerprint density at radius 2 is 0.957 bits per heavy atom. The molecule has 2 N–H and O–H groups in total. The predicted octanol–water partition coefficient (Wildman–Crippen LogP) is 7.55.